The third kappa shape index (κ3) is 4.85. The molecule has 1 aromatic carbocycles. The Balaban J connectivity index is 2.84. The highest BCUT2D eigenvalue weighted by Crippen LogP contribution is 2.30. The molecule has 0 saturated heterocycles. The van der Waals surface area contributed by atoms with Crippen LogP contribution in [0.25, 0.3) is 0 Å². The van der Waals surface area contributed by atoms with Crippen LogP contribution < -0.4 is 5.32 Å². The summed E-state index contributed by atoms with van der Waals surface area (Å²) in [6.45, 7) is 4.45. The Bertz CT molecular complexity index is 429. The van der Waals surface area contributed by atoms with Crippen LogP contribution in [0.4, 0.5) is 13.2 Å². The molecule has 1 rings (SSSR count). The Morgan fingerprint density at radius 2 is 1.85 bits per heavy atom. The van der Waals surface area contributed by atoms with Gasteiger partial charge in [-0.05, 0) is 31.2 Å². The van der Waals surface area contributed by atoms with Crippen molar-refractivity contribution in [2.24, 2.45) is 0 Å². The second-order valence-electron chi connectivity index (χ2n) is 4.24. The van der Waals surface area contributed by atoms with Gasteiger partial charge in [0.05, 0.1) is 18.6 Å². The van der Waals surface area contributed by atoms with Crippen molar-refractivity contribution < 1.29 is 22.7 Å². The third-order valence-corrected chi connectivity index (χ3v) is 2.77. The standard InChI is InChI=1S/C14H18F3NO2/c1-3-18-12(9-13(19)20-4-2)10-5-7-11(8-6-10)14(15,16)17/h5-8,12,18H,3-4,9H2,1-2H3. The van der Waals surface area contributed by atoms with E-state index in [4.69, 9.17) is 4.74 Å². The normalized spacial score (nSPS) is 13.1. The molecular weight excluding hydrogens is 271 g/mol. The number of hydrogen-bond acceptors (Lipinski definition) is 3. The summed E-state index contributed by atoms with van der Waals surface area (Å²) in [5.41, 5.74) is -0.0689. The van der Waals surface area contributed by atoms with E-state index < -0.39 is 11.7 Å². The van der Waals surface area contributed by atoms with Crippen LogP contribution in [0.5, 0.6) is 0 Å². The van der Waals surface area contributed by atoms with Crippen molar-refractivity contribution >= 4 is 5.97 Å². The quantitative estimate of drug-likeness (QED) is 0.817. The molecule has 0 fully saturated rings. The van der Waals surface area contributed by atoms with Gasteiger partial charge < -0.3 is 10.1 Å². The van der Waals surface area contributed by atoms with Crippen LogP contribution in [0.1, 0.15) is 37.4 Å². The first-order chi connectivity index (χ1) is 9.38. The van der Waals surface area contributed by atoms with Gasteiger partial charge in [0.2, 0.25) is 0 Å². The van der Waals surface area contributed by atoms with Crippen LogP contribution in [0.15, 0.2) is 24.3 Å². The summed E-state index contributed by atoms with van der Waals surface area (Å²) < 4.78 is 42.3. The SMILES string of the molecule is CCNC(CC(=O)OCC)c1ccc(C(F)(F)F)cc1. The number of halogens is 3. The molecule has 20 heavy (non-hydrogen) atoms. The fraction of sp³-hybridized carbons (Fsp3) is 0.500. The van der Waals surface area contributed by atoms with Gasteiger partial charge >= 0.3 is 12.1 Å². The molecule has 0 saturated carbocycles. The summed E-state index contributed by atoms with van der Waals surface area (Å²) in [4.78, 5) is 11.5. The number of esters is 1. The van der Waals surface area contributed by atoms with Crippen LogP contribution in [-0.4, -0.2) is 19.1 Å². The van der Waals surface area contributed by atoms with E-state index in [2.05, 4.69) is 5.32 Å². The molecule has 1 aromatic rings. The average Bonchev–Trinajstić information content (AvgIpc) is 2.38. The summed E-state index contributed by atoms with van der Waals surface area (Å²) in [5.74, 6) is -0.377. The molecule has 1 atom stereocenters. The molecule has 0 aliphatic rings. The smallest absolute Gasteiger partial charge is 0.416 e. The predicted octanol–water partition coefficient (Wildman–Crippen LogP) is 3.31. The summed E-state index contributed by atoms with van der Waals surface area (Å²) in [6, 6.07) is 4.46. The van der Waals surface area contributed by atoms with E-state index in [0.717, 1.165) is 12.1 Å². The predicted molar refractivity (Wildman–Crippen MR) is 69.1 cm³/mol. The van der Waals surface area contributed by atoms with Gasteiger partial charge in [0.15, 0.2) is 0 Å². The summed E-state index contributed by atoms with van der Waals surface area (Å²) in [5, 5.41) is 3.06. The minimum Gasteiger partial charge on any atom is -0.466 e. The highest BCUT2D eigenvalue weighted by atomic mass is 19.4. The van der Waals surface area contributed by atoms with Gasteiger partial charge in [-0.2, -0.15) is 13.2 Å². The number of alkyl halides is 3. The zero-order valence-electron chi connectivity index (χ0n) is 11.5. The molecule has 0 aromatic heterocycles. The number of carbonyl (C=O) groups excluding carboxylic acids is 1. The number of carbonyl (C=O) groups is 1. The molecule has 0 radical (unpaired) electrons. The summed E-state index contributed by atoms with van der Waals surface area (Å²) >= 11 is 0. The Morgan fingerprint density at radius 1 is 1.25 bits per heavy atom. The molecule has 3 nitrogen and oxygen atoms in total. The average molecular weight is 289 g/mol. The molecule has 6 heteroatoms. The van der Waals surface area contributed by atoms with Crippen LogP contribution in [0.2, 0.25) is 0 Å². The third-order valence-electron chi connectivity index (χ3n) is 2.77. The highest BCUT2D eigenvalue weighted by molar-refractivity contribution is 5.70. The van der Waals surface area contributed by atoms with E-state index in [0.29, 0.717) is 12.1 Å². The number of benzene rings is 1. The second-order valence-corrected chi connectivity index (χ2v) is 4.24. The van der Waals surface area contributed by atoms with Gasteiger partial charge in [-0.1, -0.05) is 19.1 Å². The number of ether oxygens (including phenoxy) is 1. The molecular formula is C14H18F3NO2. The Kier molecular flexibility index (Phi) is 6.01. The van der Waals surface area contributed by atoms with Crippen molar-refractivity contribution in [1.29, 1.82) is 0 Å². The van der Waals surface area contributed by atoms with Crippen molar-refractivity contribution in [3.05, 3.63) is 35.4 Å². The minimum absolute atomic E-state index is 0.0903. The first kappa shape index (κ1) is 16.5. The summed E-state index contributed by atoms with van der Waals surface area (Å²) in [7, 11) is 0. The zero-order valence-corrected chi connectivity index (χ0v) is 11.5. The number of hydrogen-bond donors (Lipinski definition) is 1. The van der Waals surface area contributed by atoms with Crippen LogP contribution in [0.3, 0.4) is 0 Å². The first-order valence-corrected chi connectivity index (χ1v) is 6.44. The van der Waals surface area contributed by atoms with Crippen molar-refractivity contribution in [2.75, 3.05) is 13.2 Å². The monoisotopic (exact) mass is 289 g/mol. The van der Waals surface area contributed by atoms with Crippen molar-refractivity contribution in [2.45, 2.75) is 32.5 Å². The Labute approximate surface area is 116 Å². The minimum atomic E-state index is -4.35. The maximum Gasteiger partial charge on any atom is 0.416 e. The van der Waals surface area contributed by atoms with Gasteiger partial charge in [0, 0.05) is 6.04 Å². The van der Waals surface area contributed by atoms with Crippen molar-refractivity contribution in [3.8, 4) is 0 Å². The molecule has 1 N–H and O–H groups in total. The van der Waals surface area contributed by atoms with E-state index in [1.165, 1.54) is 12.1 Å². The van der Waals surface area contributed by atoms with Crippen molar-refractivity contribution in [3.63, 3.8) is 0 Å². The molecule has 0 aliphatic heterocycles. The highest BCUT2D eigenvalue weighted by Gasteiger charge is 2.30. The molecule has 1 unspecified atom stereocenters. The first-order valence-electron chi connectivity index (χ1n) is 6.44. The Morgan fingerprint density at radius 3 is 2.30 bits per heavy atom. The second kappa shape index (κ2) is 7.28. The van der Waals surface area contributed by atoms with E-state index in [9.17, 15) is 18.0 Å². The van der Waals surface area contributed by atoms with Crippen LogP contribution in [-0.2, 0) is 15.7 Å². The lowest BCUT2D eigenvalue weighted by Gasteiger charge is -2.18. The molecule has 0 aliphatic carbocycles. The van der Waals surface area contributed by atoms with Gasteiger partial charge in [-0.15, -0.1) is 0 Å². The Hall–Kier alpha value is -1.56. The maximum atomic E-state index is 12.5. The van der Waals surface area contributed by atoms with Gasteiger partial charge in [0.1, 0.15) is 0 Å². The summed E-state index contributed by atoms with van der Waals surface area (Å²) in [6.07, 6.45) is -4.26. The van der Waals surface area contributed by atoms with E-state index in [1.54, 1.807) is 6.92 Å². The zero-order chi connectivity index (χ0) is 15.2. The molecule has 0 spiro atoms. The van der Waals surface area contributed by atoms with Gasteiger partial charge in [0.25, 0.3) is 0 Å². The van der Waals surface area contributed by atoms with E-state index >= 15 is 0 Å². The van der Waals surface area contributed by atoms with Crippen molar-refractivity contribution in [1.82, 2.24) is 5.32 Å². The van der Waals surface area contributed by atoms with Crippen LogP contribution in [0, 0.1) is 0 Å². The van der Waals surface area contributed by atoms with Gasteiger partial charge in [-0.25, -0.2) is 0 Å². The lowest BCUT2D eigenvalue weighted by Crippen LogP contribution is -2.24. The fourth-order valence-corrected chi connectivity index (χ4v) is 1.85. The lowest BCUT2D eigenvalue weighted by atomic mass is 10.0. The van der Waals surface area contributed by atoms with Crippen LogP contribution >= 0.6 is 0 Å². The topological polar surface area (TPSA) is 38.3 Å². The number of rotatable bonds is 6. The molecule has 112 valence electrons. The molecule has 0 bridgehead atoms. The van der Waals surface area contributed by atoms with E-state index in [1.807, 2.05) is 6.92 Å². The molecule has 0 heterocycles. The van der Waals surface area contributed by atoms with E-state index in [-0.39, 0.29) is 25.0 Å². The lowest BCUT2D eigenvalue weighted by molar-refractivity contribution is -0.143. The molecule has 0 amide bonds. The number of nitrogens with one attached hydrogen (secondary N) is 1. The fourth-order valence-electron chi connectivity index (χ4n) is 1.85. The largest absolute Gasteiger partial charge is 0.466 e. The maximum absolute atomic E-state index is 12.5. The van der Waals surface area contributed by atoms with Gasteiger partial charge in [-0.3, -0.25) is 4.79 Å².